The van der Waals surface area contributed by atoms with Crippen LogP contribution in [0, 0.1) is 5.92 Å². The lowest BCUT2D eigenvalue weighted by atomic mass is 9.95. The smallest absolute Gasteiger partial charge is 0.125 e. The minimum atomic E-state index is 0.117. The summed E-state index contributed by atoms with van der Waals surface area (Å²) >= 11 is 0. The molecule has 0 radical (unpaired) electrons. The molecule has 0 aromatic heterocycles. The fourth-order valence-electron chi connectivity index (χ4n) is 4.21. The van der Waals surface area contributed by atoms with Gasteiger partial charge in [0, 0.05) is 20.4 Å². The summed E-state index contributed by atoms with van der Waals surface area (Å²) in [5.74, 6) is 2.61. The molecule has 0 spiro atoms. The zero-order valence-corrected chi connectivity index (χ0v) is 25.8. The third-order valence-electron chi connectivity index (χ3n) is 6.25. The van der Waals surface area contributed by atoms with E-state index in [0.29, 0.717) is 5.92 Å². The van der Waals surface area contributed by atoms with Gasteiger partial charge in [0.1, 0.15) is 17.7 Å². The summed E-state index contributed by atoms with van der Waals surface area (Å²) < 4.78 is 16.2. The topological polar surface area (TPSA) is 51.8 Å². The van der Waals surface area contributed by atoms with Gasteiger partial charge in [-0.3, -0.25) is 5.32 Å². The van der Waals surface area contributed by atoms with E-state index in [0.717, 1.165) is 44.1 Å². The Bertz CT molecular complexity index is 688. The largest absolute Gasteiger partial charge is 0.495 e. The van der Waals surface area contributed by atoms with Crippen LogP contribution >= 0.6 is 0 Å². The van der Waals surface area contributed by atoms with Gasteiger partial charge in [-0.15, -0.1) is 0 Å². The van der Waals surface area contributed by atoms with Crippen LogP contribution in [0.2, 0.25) is 0 Å². The molecule has 5 heteroatoms. The van der Waals surface area contributed by atoms with Crippen molar-refractivity contribution in [3.05, 3.63) is 53.9 Å². The molecule has 1 aromatic carbocycles. The van der Waals surface area contributed by atoms with Gasteiger partial charge in [-0.1, -0.05) is 104 Å². The number of benzene rings is 1. The Hall–Kier alpha value is -1.98. The first-order valence-electron chi connectivity index (χ1n) is 15.4. The van der Waals surface area contributed by atoms with E-state index in [1.807, 2.05) is 33.9 Å². The molecule has 3 rings (SSSR count). The van der Waals surface area contributed by atoms with E-state index in [9.17, 15) is 0 Å². The van der Waals surface area contributed by atoms with Gasteiger partial charge in [0.2, 0.25) is 0 Å². The van der Waals surface area contributed by atoms with E-state index in [1.54, 1.807) is 14.2 Å². The molecule has 0 saturated heterocycles. The maximum atomic E-state index is 6.00. The highest BCUT2D eigenvalue weighted by Gasteiger charge is 2.17. The second-order valence-electron chi connectivity index (χ2n) is 9.35. The van der Waals surface area contributed by atoms with Crippen molar-refractivity contribution < 1.29 is 14.2 Å². The van der Waals surface area contributed by atoms with Crippen LogP contribution in [0.3, 0.4) is 0 Å². The van der Waals surface area contributed by atoms with Gasteiger partial charge in [-0.25, -0.2) is 0 Å². The zero-order valence-electron chi connectivity index (χ0n) is 25.8. The summed E-state index contributed by atoms with van der Waals surface area (Å²) in [5, 5.41) is 6.94. The summed E-state index contributed by atoms with van der Waals surface area (Å²) in [4.78, 5) is 0. The predicted octanol–water partition coefficient (Wildman–Crippen LogP) is 8.93. The Balaban J connectivity index is 0.00000179. The van der Waals surface area contributed by atoms with E-state index in [2.05, 4.69) is 58.7 Å². The van der Waals surface area contributed by atoms with Gasteiger partial charge < -0.3 is 19.5 Å². The van der Waals surface area contributed by atoms with Crippen LogP contribution in [0.15, 0.2) is 48.4 Å². The summed E-state index contributed by atoms with van der Waals surface area (Å²) in [6, 6.07) is 8.44. The molecular formula is C33H60N2O3. The molecule has 220 valence electrons. The molecule has 1 aliphatic heterocycles. The van der Waals surface area contributed by atoms with E-state index < -0.39 is 0 Å². The van der Waals surface area contributed by atoms with Crippen LogP contribution < -0.4 is 15.4 Å². The number of hydrogen-bond donors (Lipinski definition) is 2. The Kier molecular flexibility index (Phi) is 25.2. The number of unbranched alkanes of at least 4 members (excludes halogenated alkanes) is 7. The second kappa shape index (κ2) is 26.6. The van der Waals surface area contributed by atoms with Gasteiger partial charge >= 0.3 is 0 Å². The molecule has 2 aliphatic rings. The molecule has 5 nitrogen and oxygen atoms in total. The van der Waals surface area contributed by atoms with Crippen LogP contribution in [-0.2, 0) is 9.47 Å². The number of methoxy groups -OCH3 is 1. The summed E-state index contributed by atoms with van der Waals surface area (Å²) in [6.07, 6.45) is 20.9. The Morgan fingerprint density at radius 2 is 1.45 bits per heavy atom. The van der Waals surface area contributed by atoms with Crippen LogP contribution in [-0.4, -0.2) is 34.0 Å². The highest BCUT2D eigenvalue weighted by atomic mass is 16.5. The minimum Gasteiger partial charge on any atom is -0.495 e. The lowest BCUT2D eigenvalue weighted by Crippen LogP contribution is -2.38. The minimum absolute atomic E-state index is 0.117. The zero-order chi connectivity index (χ0) is 28.3. The average Bonchev–Trinajstić information content (AvgIpc) is 2.99. The van der Waals surface area contributed by atoms with Crippen LogP contribution in [0.5, 0.6) is 5.75 Å². The molecule has 1 aliphatic carbocycles. The van der Waals surface area contributed by atoms with E-state index >= 15 is 0 Å². The van der Waals surface area contributed by atoms with Gasteiger partial charge in [0.05, 0.1) is 19.8 Å². The fourth-order valence-corrected chi connectivity index (χ4v) is 4.21. The Labute approximate surface area is 235 Å². The molecule has 0 bridgehead atoms. The number of nitrogens with one attached hydrogen (secondary N) is 2. The van der Waals surface area contributed by atoms with E-state index in [-0.39, 0.29) is 6.17 Å². The summed E-state index contributed by atoms with van der Waals surface area (Å²) in [7, 11) is 3.25. The van der Waals surface area contributed by atoms with Crippen molar-refractivity contribution in [1.29, 1.82) is 0 Å². The quantitative estimate of drug-likeness (QED) is 0.185. The molecule has 1 aromatic rings. The highest BCUT2D eigenvalue weighted by molar-refractivity contribution is 5.29. The summed E-state index contributed by atoms with van der Waals surface area (Å²) in [6.45, 7) is 12.7. The Morgan fingerprint density at radius 1 is 0.816 bits per heavy atom. The third-order valence-corrected chi connectivity index (χ3v) is 6.25. The molecule has 0 saturated carbocycles. The predicted molar refractivity (Wildman–Crippen MR) is 165 cm³/mol. The molecule has 2 unspecified atom stereocenters. The molecule has 0 amide bonds. The lowest BCUT2D eigenvalue weighted by molar-refractivity contribution is 0.145. The fraction of sp³-hybridized carbons (Fsp3) is 0.697. The van der Waals surface area contributed by atoms with Crippen molar-refractivity contribution in [1.82, 2.24) is 10.6 Å². The SMILES string of the molecule is CC.CC.CCCCCCCCCCOc1ccc(C2NC=C(OCC3CC=CCC3)CN2)cc1.COC. The van der Waals surface area contributed by atoms with Crippen LogP contribution in [0.4, 0.5) is 0 Å². The number of rotatable bonds is 14. The average molecular weight is 533 g/mol. The monoisotopic (exact) mass is 532 g/mol. The van der Waals surface area contributed by atoms with Crippen molar-refractivity contribution in [3.63, 3.8) is 0 Å². The van der Waals surface area contributed by atoms with Crippen LogP contribution in [0.1, 0.15) is 117 Å². The van der Waals surface area contributed by atoms with Crippen molar-refractivity contribution in [3.8, 4) is 5.75 Å². The van der Waals surface area contributed by atoms with Crippen molar-refractivity contribution in [2.45, 2.75) is 111 Å². The second-order valence-corrected chi connectivity index (χ2v) is 9.35. The van der Waals surface area contributed by atoms with E-state index in [4.69, 9.17) is 9.47 Å². The highest BCUT2D eigenvalue weighted by Crippen LogP contribution is 2.22. The number of ether oxygens (including phenoxy) is 3. The first kappa shape index (κ1) is 36.0. The van der Waals surface area contributed by atoms with Crippen molar-refractivity contribution in [2.75, 3.05) is 34.0 Å². The normalized spacial score (nSPS) is 17.7. The van der Waals surface area contributed by atoms with Crippen molar-refractivity contribution >= 4 is 0 Å². The van der Waals surface area contributed by atoms with Crippen LogP contribution in [0.25, 0.3) is 0 Å². The van der Waals surface area contributed by atoms with Gasteiger partial charge in [0.15, 0.2) is 0 Å². The third kappa shape index (κ3) is 17.5. The first-order chi connectivity index (χ1) is 18.8. The van der Waals surface area contributed by atoms with E-state index in [1.165, 1.54) is 63.4 Å². The molecule has 1 heterocycles. The number of hydrogen-bond acceptors (Lipinski definition) is 5. The maximum absolute atomic E-state index is 6.00. The summed E-state index contributed by atoms with van der Waals surface area (Å²) in [5.41, 5.74) is 1.21. The lowest BCUT2D eigenvalue weighted by Gasteiger charge is -2.27. The molecule has 2 N–H and O–H groups in total. The number of allylic oxidation sites excluding steroid dienone is 2. The molecule has 2 atom stereocenters. The first-order valence-corrected chi connectivity index (χ1v) is 15.4. The van der Waals surface area contributed by atoms with Gasteiger partial charge in [-0.2, -0.15) is 0 Å². The molecule has 0 fully saturated rings. The maximum Gasteiger partial charge on any atom is 0.125 e. The Morgan fingerprint density at radius 3 is 2.00 bits per heavy atom. The van der Waals surface area contributed by atoms with Gasteiger partial charge in [-0.05, 0) is 49.3 Å². The molecular weight excluding hydrogens is 472 g/mol. The standard InChI is InChI=1S/C27H42N2O2.C2H6O.2C2H6/c1-2-3-4-5-6-7-8-12-19-30-25-17-15-24(16-18-25)27-28-20-26(21-29-27)31-22-23-13-10-9-11-14-23;1-3-2;2*1-2/h9-10,15-18,20,23,27-29H,2-8,11-14,19,21-22H2,1H3;1-2H3;2*1-2H3. The molecule has 38 heavy (non-hydrogen) atoms. The van der Waals surface area contributed by atoms with Gasteiger partial charge in [0.25, 0.3) is 0 Å². The van der Waals surface area contributed by atoms with Crippen molar-refractivity contribution in [2.24, 2.45) is 5.92 Å².